The van der Waals surface area contributed by atoms with E-state index in [1.165, 1.54) is 5.56 Å². The van der Waals surface area contributed by atoms with E-state index in [0.29, 0.717) is 0 Å². The maximum Gasteiger partial charge on any atom is 0.104 e. The molecule has 2 aliphatic carbocycles. The van der Waals surface area contributed by atoms with E-state index in [4.69, 9.17) is 0 Å². The van der Waals surface area contributed by atoms with Gasteiger partial charge in [-0.2, -0.15) is 0 Å². The monoisotopic (exact) mass is 318 g/mol. The lowest BCUT2D eigenvalue weighted by molar-refractivity contribution is -0.884. The van der Waals surface area contributed by atoms with Crippen molar-refractivity contribution in [3.63, 3.8) is 0 Å². The quantitative estimate of drug-likeness (QED) is 0.835. The molecule has 2 saturated carbocycles. The second kappa shape index (κ2) is 5.87. The summed E-state index contributed by atoms with van der Waals surface area (Å²) in [5.41, 5.74) is 1.90. The van der Waals surface area contributed by atoms with Gasteiger partial charge in [-0.05, 0) is 48.9 Å². The first kappa shape index (κ1) is 16.9. The number of aliphatic hydroxyl groups is 2. The molecular formula is C20H32NO2+. The van der Waals surface area contributed by atoms with Crippen molar-refractivity contribution < 1.29 is 14.7 Å². The van der Waals surface area contributed by atoms with Gasteiger partial charge in [0, 0.05) is 5.56 Å². The van der Waals surface area contributed by atoms with Gasteiger partial charge >= 0.3 is 0 Å². The minimum absolute atomic E-state index is 0.690. The molecule has 128 valence electrons. The summed E-state index contributed by atoms with van der Waals surface area (Å²) >= 11 is 0. The summed E-state index contributed by atoms with van der Waals surface area (Å²) in [6.45, 7) is 0.910. The number of hydrogen-bond acceptors (Lipinski definition) is 2. The molecule has 1 aromatic carbocycles. The van der Waals surface area contributed by atoms with E-state index >= 15 is 0 Å². The van der Waals surface area contributed by atoms with E-state index in [2.05, 4.69) is 39.3 Å². The third-order valence-corrected chi connectivity index (χ3v) is 5.59. The molecule has 0 saturated heterocycles. The predicted molar refractivity (Wildman–Crippen MR) is 92.9 cm³/mol. The van der Waals surface area contributed by atoms with Crippen molar-refractivity contribution in [3.05, 3.63) is 34.9 Å². The Balaban J connectivity index is 2.03. The lowest BCUT2D eigenvalue weighted by Gasteiger charge is -2.30. The SMILES string of the molecule is C[N+](C)(C)Cc1cc(C2(O)CCCC2)cc(C2(O)CCCC2)c1. The zero-order valence-electron chi connectivity index (χ0n) is 14.9. The molecular weight excluding hydrogens is 286 g/mol. The van der Waals surface area contributed by atoms with E-state index in [1.807, 2.05) is 0 Å². The molecule has 0 spiro atoms. The van der Waals surface area contributed by atoms with Crippen molar-refractivity contribution in [1.29, 1.82) is 0 Å². The van der Waals surface area contributed by atoms with E-state index in [9.17, 15) is 10.2 Å². The van der Waals surface area contributed by atoms with Crippen molar-refractivity contribution in [2.75, 3.05) is 21.1 Å². The molecule has 2 fully saturated rings. The Bertz CT molecular complexity index is 521. The van der Waals surface area contributed by atoms with E-state index < -0.39 is 11.2 Å². The van der Waals surface area contributed by atoms with Crippen LogP contribution in [0.5, 0.6) is 0 Å². The van der Waals surface area contributed by atoms with Crippen LogP contribution in [-0.4, -0.2) is 35.8 Å². The van der Waals surface area contributed by atoms with E-state index in [0.717, 1.165) is 73.5 Å². The highest BCUT2D eigenvalue weighted by Crippen LogP contribution is 2.43. The average Bonchev–Trinajstić information content (AvgIpc) is 3.07. The van der Waals surface area contributed by atoms with Crippen LogP contribution in [0, 0.1) is 0 Å². The van der Waals surface area contributed by atoms with Crippen LogP contribution in [0.1, 0.15) is 68.1 Å². The van der Waals surface area contributed by atoms with Crippen molar-refractivity contribution in [1.82, 2.24) is 0 Å². The van der Waals surface area contributed by atoms with Gasteiger partial charge in [-0.3, -0.25) is 0 Å². The van der Waals surface area contributed by atoms with Gasteiger partial charge in [-0.1, -0.05) is 31.7 Å². The first-order valence-corrected chi connectivity index (χ1v) is 9.10. The molecule has 23 heavy (non-hydrogen) atoms. The molecule has 2 aliphatic rings. The molecule has 0 unspecified atom stereocenters. The highest BCUT2D eigenvalue weighted by molar-refractivity contribution is 5.37. The van der Waals surface area contributed by atoms with Crippen LogP contribution in [0.3, 0.4) is 0 Å². The smallest absolute Gasteiger partial charge is 0.104 e. The van der Waals surface area contributed by atoms with Crippen LogP contribution >= 0.6 is 0 Å². The van der Waals surface area contributed by atoms with Crippen LogP contribution in [0.15, 0.2) is 18.2 Å². The van der Waals surface area contributed by atoms with Gasteiger partial charge in [-0.25, -0.2) is 0 Å². The van der Waals surface area contributed by atoms with Crippen molar-refractivity contribution in [2.45, 2.75) is 69.1 Å². The summed E-state index contributed by atoms with van der Waals surface area (Å²) in [4.78, 5) is 0. The Kier molecular flexibility index (Phi) is 4.33. The number of rotatable bonds is 4. The highest BCUT2D eigenvalue weighted by Gasteiger charge is 2.37. The van der Waals surface area contributed by atoms with Crippen LogP contribution in [0.2, 0.25) is 0 Å². The molecule has 0 atom stereocenters. The number of benzene rings is 1. The number of hydrogen-bond donors (Lipinski definition) is 2. The van der Waals surface area contributed by atoms with Crippen LogP contribution in [0.4, 0.5) is 0 Å². The first-order valence-electron chi connectivity index (χ1n) is 9.10. The van der Waals surface area contributed by atoms with Gasteiger partial charge in [0.05, 0.1) is 32.3 Å². The summed E-state index contributed by atoms with van der Waals surface area (Å²) in [5.74, 6) is 0. The zero-order chi connectivity index (χ0) is 16.7. The minimum Gasteiger partial charge on any atom is -0.385 e. The topological polar surface area (TPSA) is 40.5 Å². The number of nitrogens with zero attached hydrogens (tertiary/aromatic N) is 1. The molecule has 0 radical (unpaired) electrons. The molecule has 0 aromatic heterocycles. The standard InChI is InChI=1S/C20H32NO2/c1-21(2,3)15-16-12-17(19(22)8-4-5-9-19)14-18(13-16)20(23)10-6-7-11-20/h12-14,22-23H,4-11,15H2,1-3H3/q+1. The van der Waals surface area contributed by atoms with Gasteiger partial charge in [0.15, 0.2) is 0 Å². The predicted octanol–water partition coefficient (Wildman–Crippen LogP) is 3.42. The first-order chi connectivity index (χ1) is 10.7. The van der Waals surface area contributed by atoms with Gasteiger partial charge in [0.25, 0.3) is 0 Å². The van der Waals surface area contributed by atoms with Crippen molar-refractivity contribution in [2.24, 2.45) is 0 Å². The molecule has 3 rings (SSSR count). The number of quaternary nitrogens is 1. The molecule has 0 heterocycles. The highest BCUT2D eigenvalue weighted by atomic mass is 16.3. The molecule has 3 heteroatoms. The fourth-order valence-corrected chi connectivity index (χ4v) is 4.37. The molecule has 0 bridgehead atoms. The van der Waals surface area contributed by atoms with E-state index in [1.54, 1.807) is 0 Å². The Hall–Kier alpha value is -0.900. The maximum absolute atomic E-state index is 11.0. The van der Waals surface area contributed by atoms with Crippen molar-refractivity contribution in [3.8, 4) is 0 Å². The Morgan fingerprint density at radius 2 is 1.17 bits per heavy atom. The van der Waals surface area contributed by atoms with Crippen LogP contribution in [-0.2, 0) is 17.7 Å². The second-order valence-corrected chi connectivity index (χ2v) is 8.84. The normalized spacial score (nSPS) is 23.3. The Morgan fingerprint density at radius 3 is 1.52 bits per heavy atom. The Morgan fingerprint density at radius 1 is 0.783 bits per heavy atom. The van der Waals surface area contributed by atoms with Crippen LogP contribution < -0.4 is 0 Å². The van der Waals surface area contributed by atoms with Gasteiger partial charge in [0.2, 0.25) is 0 Å². The largest absolute Gasteiger partial charge is 0.385 e. The Labute approximate surface area is 140 Å². The fourth-order valence-electron chi connectivity index (χ4n) is 4.37. The third-order valence-electron chi connectivity index (χ3n) is 5.59. The van der Waals surface area contributed by atoms with Gasteiger partial charge in [-0.15, -0.1) is 0 Å². The van der Waals surface area contributed by atoms with E-state index in [-0.39, 0.29) is 0 Å². The summed E-state index contributed by atoms with van der Waals surface area (Å²) in [6.07, 6.45) is 7.76. The maximum atomic E-state index is 11.0. The van der Waals surface area contributed by atoms with Crippen molar-refractivity contribution >= 4 is 0 Å². The average molecular weight is 318 g/mol. The summed E-state index contributed by atoms with van der Waals surface area (Å²) < 4.78 is 0.847. The summed E-state index contributed by atoms with van der Waals surface area (Å²) in [5, 5.41) is 22.1. The lowest BCUT2D eigenvalue weighted by atomic mass is 9.84. The summed E-state index contributed by atoms with van der Waals surface area (Å²) in [7, 11) is 6.54. The molecule has 2 N–H and O–H groups in total. The zero-order valence-corrected chi connectivity index (χ0v) is 14.9. The summed E-state index contributed by atoms with van der Waals surface area (Å²) in [6, 6.07) is 6.45. The molecule has 1 aromatic rings. The molecule has 0 aliphatic heterocycles. The van der Waals surface area contributed by atoms with Crippen LogP contribution in [0.25, 0.3) is 0 Å². The lowest BCUT2D eigenvalue weighted by Crippen LogP contribution is -2.34. The third kappa shape index (κ3) is 3.62. The molecule has 0 amide bonds. The fraction of sp³-hybridized carbons (Fsp3) is 0.700. The second-order valence-electron chi connectivity index (χ2n) is 8.84. The minimum atomic E-state index is -0.690. The van der Waals surface area contributed by atoms with Gasteiger partial charge < -0.3 is 14.7 Å². The molecule has 3 nitrogen and oxygen atoms in total. The van der Waals surface area contributed by atoms with Gasteiger partial charge in [0.1, 0.15) is 6.54 Å².